The Labute approximate surface area is 101 Å². The smallest absolute Gasteiger partial charge is 0.155 e. The molecule has 94 valence electrons. The molecule has 0 bridgehead atoms. The van der Waals surface area contributed by atoms with Gasteiger partial charge in [0.2, 0.25) is 0 Å². The van der Waals surface area contributed by atoms with Crippen molar-refractivity contribution in [1.29, 1.82) is 0 Å². The number of hydrogen-bond acceptors (Lipinski definition) is 2. The van der Waals surface area contributed by atoms with Gasteiger partial charge in [-0.05, 0) is 31.0 Å². The zero-order valence-electron chi connectivity index (χ0n) is 11.9. The van der Waals surface area contributed by atoms with Crippen LogP contribution in [-0.4, -0.2) is 31.3 Å². The fraction of sp³-hybridized carbons (Fsp3) is 0.786. The predicted octanol–water partition coefficient (Wildman–Crippen LogP) is 3.14. The third-order valence-electron chi connectivity index (χ3n) is 3.42. The summed E-state index contributed by atoms with van der Waals surface area (Å²) in [5.74, 6) is 0.224. The summed E-state index contributed by atoms with van der Waals surface area (Å²) in [6.45, 7) is 11.7. The van der Waals surface area contributed by atoms with E-state index in [-0.39, 0.29) is 16.6 Å². The summed E-state index contributed by atoms with van der Waals surface area (Å²) in [6.07, 6.45) is 4.26. The van der Waals surface area contributed by atoms with Crippen LogP contribution in [0.1, 0.15) is 41.0 Å². The molecular formula is C14H27NO. The van der Waals surface area contributed by atoms with E-state index in [2.05, 4.69) is 34.6 Å². The first-order valence-corrected chi connectivity index (χ1v) is 5.90. The molecule has 0 fully saturated rings. The zero-order chi connectivity index (χ0) is 13.0. The number of likely N-dealkylation sites (N-methyl/N-ethyl adjacent to an activating group) is 1. The molecule has 0 radical (unpaired) electrons. The van der Waals surface area contributed by atoms with Crippen LogP contribution in [0.4, 0.5) is 0 Å². The first-order chi connectivity index (χ1) is 7.06. The van der Waals surface area contributed by atoms with Crippen molar-refractivity contribution in [3.8, 4) is 0 Å². The van der Waals surface area contributed by atoms with Crippen molar-refractivity contribution >= 4 is 5.78 Å². The van der Waals surface area contributed by atoms with Gasteiger partial charge in [-0.25, -0.2) is 0 Å². The highest BCUT2D eigenvalue weighted by molar-refractivity contribution is 5.90. The van der Waals surface area contributed by atoms with Gasteiger partial charge in [-0.1, -0.05) is 40.7 Å². The molecule has 2 nitrogen and oxygen atoms in total. The van der Waals surface area contributed by atoms with E-state index in [0.717, 1.165) is 6.54 Å². The van der Waals surface area contributed by atoms with Crippen LogP contribution in [0.2, 0.25) is 0 Å². The summed E-state index contributed by atoms with van der Waals surface area (Å²) < 4.78 is 0. The average molecular weight is 225 g/mol. The summed E-state index contributed by atoms with van der Waals surface area (Å²) in [4.78, 5) is 13.8. The van der Waals surface area contributed by atoms with Crippen molar-refractivity contribution in [1.82, 2.24) is 4.90 Å². The van der Waals surface area contributed by atoms with Gasteiger partial charge in [-0.3, -0.25) is 4.79 Å². The second-order valence-electron chi connectivity index (χ2n) is 6.44. The molecule has 0 N–H and O–H groups in total. The Morgan fingerprint density at radius 1 is 1.12 bits per heavy atom. The van der Waals surface area contributed by atoms with Crippen LogP contribution in [0, 0.1) is 10.8 Å². The highest BCUT2D eigenvalue weighted by Crippen LogP contribution is 2.40. The van der Waals surface area contributed by atoms with Gasteiger partial charge in [0, 0.05) is 13.0 Å². The minimum atomic E-state index is 0.0343. The third kappa shape index (κ3) is 5.45. The van der Waals surface area contributed by atoms with Crippen LogP contribution in [-0.2, 0) is 4.79 Å². The molecule has 0 atom stereocenters. The molecule has 0 amide bonds. The molecule has 0 aromatic carbocycles. The van der Waals surface area contributed by atoms with E-state index in [0.29, 0.717) is 6.42 Å². The summed E-state index contributed by atoms with van der Waals surface area (Å²) in [5, 5.41) is 0. The molecular weight excluding hydrogens is 198 g/mol. The maximum absolute atomic E-state index is 11.8. The molecule has 0 unspecified atom stereocenters. The fourth-order valence-corrected chi connectivity index (χ4v) is 1.15. The Balaban J connectivity index is 4.30. The molecule has 0 spiro atoms. The molecule has 0 aliphatic carbocycles. The van der Waals surface area contributed by atoms with Gasteiger partial charge in [-0.15, -0.1) is 0 Å². The van der Waals surface area contributed by atoms with Crippen molar-refractivity contribution in [3.63, 3.8) is 0 Å². The number of carbonyl (C=O) groups excluding carboxylic acids is 1. The van der Waals surface area contributed by atoms with Crippen molar-refractivity contribution in [2.75, 3.05) is 20.6 Å². The third-order valence-corrected chi connectivity index (χ3v) is 3.42. The fourth-order valence-electron chi connectivity index (χ4n) is 1.15. The lowest BCUT2D eigenvalue weighted by Crippen LogP contribution is -2.31. The second kappa shape index (κ2) is 5.62. The van der Waals surface area contributed by atoms with Gasteiger partial charge in [0.15, 0.2) is 5.78 Å². The molecule has 0 saturated heterocycles. The molecule has 0 aliphatic heterocycles. The maximum Gasteiger partial charge on any atom is 0.155 e. The predicted molar refractivity (Wildman–Crippen MR) is 70.6 cm³/mol. The summed E-state index contributed by atoms with van der Waals surface area (Å²) in [6, 6.07) is 0. The number of allylic oxidation sites excluding steroid dienone is 1. The van der Waals surface area contributed by atoms with Gasteiger partial charge < -0.3 is 4.90 Å². The quantitative estimate of drug-likeness (QED) is 0.670. The molecule has 0 saturated carbocycles. The van der Waals surface area contributed by atoms with Gasteiger partial charge in [0.25, 0.3) is 0 Å². The zero-order valence-corrected chi connectivity index (χ0v) is 11.9. The SMILES string of the molecule is CN(C)C/C=C/C(=O)CC(C)(C)C(C)(C)C. The highest BCUT2D eigenvalue weighted by atomic mass is 16.1. The van der Waals surface area contributed by atoms with Crippen LogP contribution in [0.3, 0.4) is 0 Å². The van der Waals surface area contributed by atoms with Gasteiger partial charge in [0.05, 0.1) is 0 Å². The summed E-state index contributed by atoms with van der Waals surface area (Å²) in [7, 11) is 3.99. The number of ketones is 1. The first kappa shape index (κ1) is 15.4. The summed E-state index contributed by atoms with van der Waals surface area (Å²) in [5.41, 5.74) is 0.185. The Morgan fingerprint density at radius 2 is 1.62 bits per heavy atom. The number of rotatable bonds is 5. The maximum atomic E-state index is 11.8. The monoisotopic (exact) mass is 225 g/mol. The van der Waals surface area contributed by atoms with Gasteiger partial charge in [-0.2, -0.15) is 0 Å². The molecule has 2 heteroatoms. The van der Waals surface area contributed by atoms with E-state index in [4.69, 9.17) is 0 Å². The molecule has 16 heavy (non-hydrogen) atoms. The lowest BCUT2D eigenvalue weighted by molar-refractivity contribution is -0.118. The van der Waals surface area contributed by atoms with E-state index in [1.807, 2.05) is 25.1 Å². The Kier molecular flexibility index (Phi) is 5.40. The topological polar surface area (TPSA) is 20.3 Å². The average Bonchev–Trinajstić information content (AvgIpc) is 1.99. The Bertz CT molecular complexity index is 256. The summed E-state index contributed by atoms with van der Waals surface area (Å²) >= 11 is 0. The van der Waals surface area contributed by atoms with Gasteiger partial charge >= 0.3 is 0 Å². The minimum Gasteiger partial charge on any atom is -0.306 e. The van der Waals surface area contributed by atoms with Crippen molar-refractivity contribution < 1.29 is 4.79 Å². The molecule has 0 aromatic heterocycles. The Hall–Kier alpha value is -0.630. The van der Waals surface area contributed by atoms with Crippen LogP contribution in [0.25, 0.3) is 0 Å². The molecule has 0 aliphatic rings. The van der Waals surface area contributed by atoms with E-state index in [1.54, 1.807) is 6.08 Å². The highest BCUT2D eigenvalue weighted by Gasteiger charge is 2.33. The normalized spacial score (nSPS) is 13.8. The standard InChI is InChI=1S/C14H27NO/c1-13(2,3)14(4,5)11-12(16)9-8-10-15(6)7/h8-9H,10-11H2,1-7H3/b9-8+. The van der Waals surface area contributed by atoms with Crippen molar-refractivity contribution in [2.24, 2.45) is 10.8 Å². The lowest BCUT2D eigenvalue weighted by Gasteiger charge is -2.38. The number of nitrogens with zero attached hydrogens (tertiary/aromatic N) is 1. The van der Waals surface area contributed by atoms with Gasteiger partial charge in [0.1, 0.15) is 0 Å². The molecule has 0 rings (SSSR count). The van der Waals surface area contributed by atoms with Crippen molar-refractivity contribution in [3.05, 3.63) is 12.2 Å². The van der Waals surface area contributed by atoms with Crippen LogP contribution >= 0.6 is 0 Å². The van der Waals surface area contributed by atoms with Crippen molar-refractivity contribution in [2.45, 2.75) is 41.0 Å². The second-order valence-corrected chi connectivity index (χ2v) is 6.44. The van der Waals surface area contributed by atoms with E-state index in [1.165, 1.54) is 0 Å². The van der Waals surface area contributed by atoms with E-state index >= 15 is 0 Å². The van der Waals surface area contributed by atoms with Crippen LogP contribution in [0.5, 0.6) is 0 Å². The van der Waals surface area contributed by atoms with Crippen LogP contribution < -0.4 is 0 Å². The molecule has 0 aromatic rings. The largest absolute Gasteiger partial charge is 0.306 e. The van der Waals surface area contributed by atoms with E-state index < -0.39 is 0 Å². The van der Waals surface area contributed by atoms with Crippen LogP contribution in [0.15, 0.2) is 12.2 Å². The Morgan fingerprint density at radius 3 is 2.00 bits per heavy atom. The first-order valence-electron chi connectivity index (χ1n) is 5.90. The minimum absolute atomic E-state index is 0.0343. The van der Waals surface area contributed by atoms with E-state index in [9.17, 15) is 4.79 Å². The molecule has 0 heterocycles. The number of hydrogen-bond donors (Lipinski definition) is 0. The lowest BCUT2D eigenvalue weighted by atomic mass is 9.67. The number of carbonyl (C=O) groups is 1.